The Balaban J connectivity index is 1.39. The molecule has 2 aliphatic heterocycles. The number of sulfonamides is 1. The van der Waals surface area contributed by atoms with Gasteiger partial charge < -0.3 is 14.7 Å². The number of aliphatic hydroxyl groups is 1. The Morgan fingerprint density at radius 3 is 2.56 bits per heavy atom. The van der Waals surface area contributed by atoms with Gasteiger partial charge in [-0.25, -0.2) is 17.5 Å². The topological polar surface area (TPSA) is 95.9 Å². The van der Waals surface area contributed by atoms with Crippen LogP contribution in [0.5, 0.6) is 0 Å². The number of hydrogen-bond acceptors (Lipinski definition) is 5. The van der Waals surface area contributed by atoms with Crippen molar-refractivity contribution in [1.29, 1.82) is 0 Å². The summed E-state index contributed by atoms with van der Waals surface area (Å²) in [5, 5.41) is 9.74. The third-order valence-corrected chi connectivity index (χ3v) is 7.21. The summed E-state index contributed by atoms with van der Waals surface area (Å²) in [7, 11) is -3.94. The number of benzene rings is 2. The minimum Gasteiger partial charge on any atom is -0.394 e. The molecule has 9 heteroatoms. The summed E-state index contributed by atoms with van der Waals surface area (Å²) in [6.07, 6.45) is 2.72. The number of carbonyl (C=O) groups is 1. The van der Waals surface area contributed by atoms with Crippen molar-refractivity contribution in [3.05, 3.63) is 77.6 Å². The van der Waals surface area contributed by atoms with E-state index in [1.54, 1.807) is 17.1 Å². The molecular formula is C23H25FN2O5S. The molecule has 1 amide bonds. The van der Waals surface area contributed by atoms with Crippen molar-refractivity contribution in [1.82, 2.24) is 9.62 Å². The van der Waals surface area contributed by atoms with Gasteiger partial charge in [0.15, 0.2) is 0 Å². The second kappa shape index (κ2) is 9.50. The van der Waals surface area contributed by atoms with Crippen LogP contribution < -0.4 is 4.72 Å². The van der Waals surface area contributed by atoms with Gasteiger partial charge in [-0.05, 0) is 41.8 Å². The first-order chi connectivity index (χ1) is 15.4. The molecule has 0 aliphatic carbocycles. The van der Waals surface area contributed by atoms with Gasteiger partial charge in [0.2, 0.25) is 15.9 Å². The molecule has 7 nitrogen and oxygen atoms in total. The van der Waals surface area contributed by atoms with Crippen molar-refractivity contribution >= 4 is 15.9 Å². The number of nitrogens with zero attached hydrogens (tertiary/aromatic N) is 1. The molecule has 3 atom stereocenters. The molecule has 2 heterocycles. The molecule has 0 spiro atoms. The third kappa shape index (κ3) is 5.07. The number of aliphatic hydroxyl groups excluding tert-OH is 1. The normalized spacial score (nSPS) is 23.1. The molecule has 2 aliphatic rings. The molecule has 170 valence electrons. The smallest absolute Gasteiger partial charge is 0.241 e. The fraction of sp³-hybridized carbons (Fsp3) is 0.348. The zero-order chi connectivity index (χ0) is 22.7. The first kappa shape index (κ1) is 22.6. The van der Waals surface area contributed by atoms with Crippen LogP contribution in [0.4, 0.5) is 4.39 Å². The maximum atomic E-state index is 13.1. The quantitative estimate of drug-likeness (QED) is 0.641. The van der Waals surface area contributed by atoms with Gasteiger partial charge in [0.1, 0.15) is 11.9 Å². The highest BCUT2D eigenvalue weighted by Crippen LogP contribution is 2.22. The second-order valence-corrected chi connectivity index (χ2v) is 9.63. The van der Waals surface area contributed by atoms with E-state index in [1.165, 1.54) is 5.56 Å². The maximum absolute atomic E-state index is 13.1. The van der Waals surface area contributed by atoms with Crippen LogP contribution >= 0.6 is 0 Å². The number of rotatable bonds is 6. The zero-order valence-electron chi connectivity index (χ0n) is 17.4. The van der Waals surface area contributed by atoms with Gasteiger partial charge in [-0.3, -0.25) is 4.79 Å². The lowest BCUT2D eigenvalue weighted by Crippen LogP contribution is -2.49. The summed E-state index contributed by atoms with van der Waals surface area (Å²) in [5.74, 6) is -0.598. The molecule has 0 radical (unpaired) electrons. The molecule has 2 aromatic carbocycles. The van der Waals surface area contributed by atoms with Crippen LogP contribution in [-0.4, -0.2) is 55.7 Å². The molecule has 32 heavy (non-hydrogen) atoms. The summed E-state index contributed by atoms with van der Waals surface area (Å²) >= 11 is 0. The molecule has 2 aromatic rings. The monoisotopic (exact) mass is 460 g/mol. The Bertz CT molecular complexity index is 1100. The molecule has 0 bridgehead atoms. The van der Waals surface area contributed by atoms with E-state index in [0.29, 0.717) is 13.1 Å². The summed E-state index contributed by atoms with van der Waals surface area (Å²) in [5.41, 5.74) is 2.39. The van der Waals surface area contributed by atoms with Crippen LogP contribution in [0.15, 0.2) is 65.6 Å². The van der Waals surface area contributed by atoms with Crippen LogP contribution in [0.2, 0.25) is 0 Å². The van der Waals surface area contributed by atoms with Gasteiger partial charge in [-0.15, -0.1) is 0 Å². The third-order valence-electron chi connectivity index (χ3n) is 5.74. The first-order valence-electron chi connectivity index (χ1n) is 10.4. The maximum Gasteiger partial charge on any atom is 0.241 e. The largest absolute Gasteiger partial charge is 0.394 e. The van der Waals surface area contributed by atoms with Crippen molar-refractivity contribution in [3.63, 3.8) is 0 Å². The Morgan fingerprint density at radius 2 is 1.84 bits per heavy atom. The predicted octanol–water partition coefficient (Wildman–Crippen LogP) is 1.76. The van der Waals surface area contributed by atoms with Crippen LogP contribution in [0.1, 0.15) is 17.5 Å². The summed E-state index contributed by atoms with van der Waals surface area (Å²) in [6.45, 7) is 0.757. The molecular weight excluding hydrogens is 435 g/mol. The Labute approximate surface area is 186 Å². The van der Waals surface area contributed by atoms with Gasteiger partial charge in [0.25, 0.3) is 0 Å². The average Bonchev–Trinajstić information content (AvgIpc) is 2.79. The number of fused-ring (bicyclic) bond motifs is 1. The van der Waals surface area contributed by atoms with E-state index in [4.69, 9.17) is 4.74 Å². The van der Waals surface area contributed by atoms with E-state index >= 15 is 0 Å². The van der Waals surface area contributed by atoms with E-state index in [-0.39, 0.29) is 17.2 Å². The highest BCUT2D eigenvalue weighted by molar-refractivity contribution is 7.89. The molecule has 2 N–H and O–H groups in total. The van der Waals surface area contributed by atoms with Gasteiger partial charge >= 0.3 is 0 Å². The molecule has 0 saturated heterocycles. The van der Waals surface area contributed by atoms with E-state index in [0.717, 1.165) is 36.2 Å². The van der Waals surface area contributed by atoms with Crippen LogP contribution in [0, 0.1) is 5.82 Å². The van der Waals surface area contributed by atoms with Crippen molar-refractivity contribution in [3.8, 4) is 0 Å². The fourth-order valence-corrected chi connectivity index (χ4v) is 5.20. The molecule has 0 aromatic heterocycles. The molecule has 4 rings (SSSR count). The minimum atomic E-state index is -3.94. The van der Waals surface area contributed by atoms with Crippen molar-refractivity contribution in [2.24, 2.45) is 0 Å². The number of halogens is 1. The van der Waals surface area contributed by atoms with Crippen molar-refractivity contribution in [2.45, 2.75) is 42.5 Å². The van der Waals surface area contributed by atoms with E-state index in [9.17, 15) is 22.7 Å². The first-order valence-corrected chi connectivity index (χ1v) is 11.9. The van der Waals surface area contributed by atoms with Gasteiger partial charge in [0.05, 0.1) is 30.1 Å². The highest BCUT2D eigenvalue weighted by Gasteiger charge is 2.32. The summed E-state index contributed by atoms with van der Waals surface area (Å²) in [4.78, 5) is 14.5. The second-order valence-electron chi connectivity index (χ2n) is 7.92. The fourth-order valence-electron chi connectivity index (χ4n) is 3.98. The summed E-state index contributed by atoms with van der Waals surface area (Å²) < 4.78 is 46.5. The van der Waals surface area contributed by atoms with Crippen LogP contribution in [0.25, 0.3) is 0 Å². The minimum absolute atomic E-state index is 0.0591. The Hall–Kier alpha value is -2.59. The lowest BCUT2D eigenvalue weighted by atomic mass is 9.99. The standard InChI is InChI=1S/C23H25FN2O5S/c24-18-5-8-20(9-6-18)32(29,30)25-21-10-7-19(31-22(21)15-27)13-23(28)26-12-11-16-3-1-2-4-17(16)14-26/h1-10,19,21-22,25,27H,11-15H2/t19-,21+,22+/m0/s1. The number of nitrogens with one attached hydrogen (secondary N) is 1. The van der Waals surface area contributed by atoms with E-state index in [2.05, 4.69) is 10.8 Å². The zero-order valence-corrected chi connectivity index (χ0v) is 18.2. The lowest BCUT2D eigenvalue weighted by molar-refractivity contribution is -0.136. The number of hydrogen-bond donors (Lipinski definition) is 2. The van der Waals surface area contributed by atoms with Crippen LogP contribution in [-0.2, 0) is 32.5 Å². The average molecular weight is 461 g/mol. The predicted molar refractivity (Wildman–Crippen MR) is 116 cm³/mol. The molecule has 0 saturated carbocycles. The number of amides is 1. The van der Waals surface area contributed by atoms with E-state index in [1.807, 2.05) is 18.2 Å². The summed E-state index contributed by atoms with van der Waals surface area (Å²) in [6, 6.07) is 11.7. The lowest BCUT2D eigenvalue weighted by Gasteiger charge is -2.33. The molecule has 0 unspecified atom stereocenters. The highest BCUT2D eigenvalue weighted by atomic mass is 32.2. The Morgan fingerprint density at radius 1 is 1.12 bits per heavy atom. The van der Waals surface area contributed by atoms with Crippen molar-refractivity contribution in [2.75, 3.05) is 13.2 Å². The number of ether oxygens (including phenoxy) is 1. The van der Waals surface area contributed by atoms with Crippen LogP contribution in [0.3, 0.4) is 0 Å². The van der Waals surface area contributed by atoms with Crippen molar-refractivity contribution < 1.29 is 27.4 Å². The van der Waals surface area contributed by atoms with Gasteiger partial charge in [0, 0.05) is 13.1 Å². The van der Waals surface area contributed by atoms with Gasteiger partial charge in [-0.1, -0.05) is 36.4 Å². The van der Waals surface area contributed by atoms with E-state index < -0.39 is 40.7 Å². The number of carbonyl (C=O) groups excluding carboxylic acids is 1. The molecule has 0 fully saturated rings. The Kier molecular flexibility index (Phi) is 6.71. The van der Waals surface area contributed by atoms with Gasteiger partial charge in [-0.2, -0.15) is 0 Å². The SMILES string of the molecule is O=C(C[C@@H]1C=C[C@@H](NS(=O)(=O)c2ccc(F)cc2)[C@@H](CO)O1)N1CCc2ccccc2C1.